The van der Waals surface area contributed by atoms with E-state index in [-0.39, 0.29) is 5.75 Å². The number of aromatic hydroxyl groups is 1. The van der Waals surface area contributed by atoms with E-state index in [0.717, 1.165) is 11.3 Å². The molecular formula is C20H17N3O2. The van der Waals surface area contributed by atoms with E-state index in [0.29, 0.717) is 24.7 Å². The SMILES string of the molecule is C#Cn1cc(COc2ccccc2)nc1N=CCc1ccccc1O. The van der Waals surface area contributed by atoms with Gasteiger partial charge in [-0.05, 0) is 23.8 Å². The largest absolute Gasteiger partial charge is 0.508 e. The summed E-state index contributed by atoms with van der Waals surface area (Å²) in [5.74, 6) is 1.41. The number of terminal acetylenes is 1. The van der Waals surface area contributed by atoms with Gasteiger partial charge in [-0.3, -0.25) is 0 Å². The molecule has 1 heterocycles. The average molecular weight is 331 g/mol. The van der Waals surface area contributed by atoms with Crippen LogP contribution < -0.4 is 4.74 Å². The van der Waals surface area contributed by atoms with Gasteiger partial charge in [-0.1, -0.05) is 42.8 Å². The van der Waals surface area contributed by atoms with Gasteiger partial charge in [-0.25, -0.2) is 14.5 Å². The number of phenolic OH excluding ortho intramolecular Hbond substituents is 1. The topological polar surface area (TPSA) is 59.6 Å². The van der Waals surface area contributed by atoms with Gasteiger partial charge in [0.15, 0.2) is 0 Å². The van der Waals surface area contributed by atoms with E-state index in [9.17, 15) is 5.11 Å². The Morgan fingerprint density at radius 3 is 2.68 bits per heavy atom. The first kappa shape index (κ1) is 16.3. The van der Waals surface area contributed by atoms with E-state index in [1.165, 1.54) is 4.57 Å². The van der Waals surface area contributed by atoms with E-state index >= 15 is 0 Å². The number of aliphatic imine (C=N–C) groups is 1. The molecule has 2 aromatic carbocycles. The zero-order chi connectivity index (χ0) is 17.5. The number of ether oxygens (including phenoxy) is 1. The molecule has 3 rings (SSSR count). The third-order valence-corrected chi connectivity index (χ3v) is 3.52. The van der Waals surface area contributed by atoms with Gasteiger partial charge in [0.25, 0.3) is 0 Å². The Kier molecular flexibility index (Phi) is 5.13. The average Bonchev–Trinajstić information content (AvgIpc) is 3.05. The maximum Gasteiger partial charge on any atom is 0.241 e. The third-order valence-electron chi connectivity index (χ3n) is 3.52. The highest BCUT2D eigenvalue weighted by Gasteiger charge is 2.06. The number of aromatic nitrogens is 2. The molecule has 0 atom stereocenters. The smallest absolute Gasteiger partial charge is 0.241 e. The molecule has 0 saturated heterocycles. The summed E-state index contributed by atoms with van der Waals surface area (Å²) in [4.78, 5) is 8.69. The highest BCUT2D eigenvalue weighted by Crippen LogP contribution is 2.17. The Bertz CT molecular complexity index is 908. The number of rotatable bonds is 6. The summed E-state index contributed by atoms with van der Waals surface area (Å²) in [7, 11) is 0. The van der Waals surface area contributed by atoms with Crippen LogP contribution in [0.25, 0.3) is 0 Å². The predicted octanol–water partition coefficient (Wildman–Crippen LogP) is 3.55. The Morgan fingerprint density at radius 1 is 1.16 bits per heavy atom. The summed E-state index contributed by atoms with van der Waals surface area (Å²) in [6, 6.07) is 19.1. The van der Waals surface area contributed by atoms with Crippen LogP contribution in [0.5, 0.6) is 11.5 Å². The fraction of sp³-hybridized carbons (Fsp3) is 0.100. The number of hydrogen-bond acceptors (Lipinski definition) is 4. The number of imidazole rings is 1. The Morgan fingerprint density at radius 2 is 1.92 bits per heavy atom. The lowest BCUT2D eigenvalue weighted by Gasteiger charge is -2.02. The van der Waals surface area contributed by atoms with Gasteiger partial charge in [0.1, 0.15) is 18.1 Å². The van der Waals surface area contributed by atoms with Gasteiger partial charge in [0.05, 0.1) is 5.69 Å². The molecule has 0 spiro atoms. The molecule has 1 aromatic heterocycles. The molecule has 0 saturated carbocycles. The lowest BCUT2D eigenvalue weighted by atomic mass is 10.1. The van der Waals surface area contributed by atoms with Crippen molar-refractivity contribution in [1.29, 1.82) is 0 Å². The molecule has 0 fully saturated rings. The molecule has 25 heavy (non-hydrogen) atoms. The Balaban J connectivity index is 1.67. The molecule has 0 aliphatic carbocycles. The number of para-hydroxylation sites is 2. The molecule has 124 valence electrons. The third kappa shape index (κ3) is 4.27. The molecule has 0 aliphatic heterocycles. The Hall–Kier alpha value is -3.52. The van der Waals surface area contributed by atoms with Crippen molar-refractivity contribution in [2.45, 2.75) is 13.0 Å². The number of phenols is 1. The first-order valence-electron chi connectivity index (χ1n) is 7.78. The first-order chi connectivity index (χ1) is 12.3. The summed E-state index contributed by atoms with van der Waals surface area (Å²) >= 11 is 0. The van der Waals surface area contributed by atoms with Crippen LogP contribution in [0.3, 0.4) is 0 Å². The first-order valence-corrected chi connectivity index (χ1v) is 7.78. The van der Waals surface area contributed by atoms with Crippen LogP contribution in [0.1, 0.15) is 11.3 Å². The van der Waals surface area contributed by atoms with E-state index in [2.05, 4.69) is 16.0 Å². The van der Waals surface area contributed by atoms with Gasteiger partial charge in [-0.15, -0.1) is 0 Å². The van der Waals surface area contributed by atoms with Crippen LogP contribution >= 0.6 is 0 Å². The van der Waals surface area contributed by atoms with Crippen LogP contribution in [-0.4, -0.2) is 20.9 Å². The summed E-state index contributed by atoms with van der Waals surface area (Å²) in [6.45, 7) is 0.306. The van der Waals surface area contributed by atoms with E-state index in [1.807, 2.05) is 42.5 Å². The van der Waals surface area contributed by atoms with Crippen LogP contribution in [0.15, 0.2) is 65.8 Å². The second kappa shape index (κ2) is 7.84. The molecular weight excluding hydrogens is 314 g/mol. The fourth-order valence-electron chi connectivity index (χ4n) is 2.26. The van der Waals surface area contributed by atoms with Crippen LogP contribution in [0.2, 0.25) is 0 Å². The molecule has 0 bridgehead atoms. The number of benzene rings is 2. The maximum absolute atomic E-state index is 9.76. The molecule has 0 aliphatic rings. The van der Waals surface area contributed by atoms with E-state index < -0.39 is 0 Å². The summed E-state index contributed by atoms with van der Waals surface area (Å²) in [6.07, 6.45) is 9.37. The van der Waals surface area contributed by atoms with Crippen molar-refractivity contribution in [3.05, 3.63) is 72.1 Å². The van der Waals surface area contributed by atoms with Crippen molar-refractivity contribution in [2.75, 3.05) is 0 Å². The van der Waals surface area contributed by atoms with Crippen molar-refractivity contribution >= 4 is 12.2 Å². The van der Waals surface area contributed by atoms with Crippen molar-refractivity contribution in [3.8, 4) is 24.0 Å². The summed E-state index contributed by atoms with van der Waals surface area (Å²) in [5, 5.41) is 9.76. The minimum atomic E-state index is 0.242. The molecule has 3 aromatic rings. The zero-order valence-corrected chi connectivity index (χ0v) is 13.5. The van der Waals surface area contributed by atoms with E-state index in [1.54, 1.807) is 24.5 Å². The lowest BCUT2D eigenvalue weighted by Crippen LogP contribution is -1.95. The predicted molar refractivity (Wildman–Crippen MR) is 97.2 cm³/mol. The minimum absolute atomic E-state index is 0.242. The van der Waals surface area contributed by atoms with Gasteiger partial charge in [-0.2, -0.15) is 0 Å². The Labute approximate surface area is 146 Å². The number of hydrogen-bond donors (Lipinski definition) is 1. The zero-order valence-electron chi connectivity index (χ0n) is 13.5. The maximum atomic E-state index is 9.76. The van der Waals surface area contributed by atoms with Gasteiger partial charge in [0.2, 0.25) is 5.95 Å². The summed E-state index contributed by atoms with van der Waals surface area (Å²) < 4.78 is 7.17. The highest BCUT2D eigenvalue weighted by molar-refractivity contribution is 5.66. The van der Waals surface area contributed by atoms with E-state index in [4.69, 9.17) is 11.2 Å². The monoisotopic (exact) mass is 331 g/mol. The van der Waals surface area contributed by atoms with Crippen molar-refractivity contribution in [3.63, 3.8) is 0 Å². The second-order valence-corrected chi connectivity index (χ2v) is 5.28. The standard InChI is InChI=1S/C20H17N3O2/c1-2-23-14-17(15-25-18-9-4-3-5-10-18)22-20(23)21-13-12-16-8-6-7-11-19(16)24/h1,3-11,13-14,24H,12,15H2. The second-order valence-electron chi connectivity index (χ2n) is 5.28. The molecule has 0 unspecified atom stereocenters. The minimum Gasteiger partial charge on any atom is -0.508 e. The normalized spacial score (nSPS) is 10.7. The van der Waals surface area contributed by atoms with Crippen LogP contribution in [-0.2, 0) is 13.0 Å². The quantitative estimate of drug-likeness (QED) is 0.555. The van der Waals surface area contributed by atoms with Gasteiger partial charge in [0, 0.05) is 24.9 Å². The molecule has 0 amide bonds. The highest BCUT2D eigenvalue weighted by atomic mass is 16.5. The van der Waals surface area contributed by atoms with Gasteiger partial charge < -0.3 is 9.84 Å². The molecule has 0 radical (unpaired) electrons. The van der Waals surface area contributed by atoms with Crippen molar-refractivity contribution < 1.29 is 9.84 Å². The van der Waals surface area contributed by atoms with Crippen molar-refractivity contribution in [1.82, 2.24) is 9.55 Å². The van der Waals surface area contributed by atoms with Crippen LogP contribution in [0.4, 0.5) is 5.95 Å². The molecule has 5 heteroatoms. The lowest BCUT2D eigenvalue weighted by molar-refractivity contribution is 0.302. The van der Waals surface area contributed by atoms with Crippen molar-refractivity contribution in [2.24, 2.45) is 4.99 Å². The molecule has 5 nitrogen and oxygen atoms in total. The van der Waals surface area contributed by atoms with Crippen LogP contribution in [0, 0.1) is 12.5 Å². The molecule has 1 N–H and O–H groups in total. The fourth-order valence-corrected chi connectivity index (χ4v) is 2.26. The van der Waals surface area contributed by atoms with Gasteiger partial charge >= 0.3 is 0 Å². The number of nitrogens with zero attached hydrogens (tertiary/aromatic N) is 3. The summed E-state index contributed by atoms with van der Waals surface area (Å²) in [5.41, 5.74) is 1.48.